The summed E-state index contributed by atoms with van der Waals surface area (Å²) in [7, 11) is 0. The third kappa shape index (κ3) is 4.74. The second-order valence-electron chi connectivity index (χ2n) is 10.6. The molecule has 0 saturated carbocycles. The average molecular weight is 586 g/mol. The molecular formula is C39H24FN3S. The molecule has 8 rings (SSSR count). The summed E-state index contributed by atoms with van der Waals surface area (Å²) in [5, 5.41) is 2.46. The number of fused-ring (bicyclic) bond motifs is 3. The first-order valence-corrected chi connectivity index (χ1v) is 15.2. The van der Waals surface area contributed by atoms with E-state index in [0.29, 0.717) is 23.0 Å². The van der Waals surface area contributed by atoms with Gasteiger partial charge in [0.1, 0.15) is 5.82 Å². The molecule has 0 atom stereocenters. The summed E-state index contributed by atoms with van der Waals surface area (Å²) in [6.07, 6.45) is 0. The van der Waals surface area contributed by atoms with E-state index in [2.05, 4.69) is 54.6 Å². The quantitative estimate of drug-likeness (QED) is 0.202. The third-order valence-electron chi connectivity index (χ3n) is 7.81. The molecule has 0 aliphatic rings. The number of rotatable bonds is 5. The topological polar surface area (TPSA) is 38.7 Å². The number of halogens is 1. The Morgan fingerprint density at radius 2 is 0.955 bits per heavy atom. The zero-order valence-corrected chi connectivity index (χ0v) is 24.3. The third-order valence-corrected chi connectivity index (χ3v) is 8.95. The van der Waals surface area contributed by atoms with E-state index in [1.807, 2.05) is 78.9 Å². The summed E-state index contributed by atoms with van der Waals surface area (Å²) in [5.41, 5.74) is 5.95. The molecule has 3 nitrogen and oxygen atoms in total. The number of thiophene rings is 1. The Morgan fingerprint density at radius 1 is 0.409 bits per heavy atom. The number of nitrogens with zero attached hydrogens (tertiary/aromatic N) is 3. The highest BCUT2D eigenvalue weighted by molar-refractivity contribution is 7.25. The Morgan fingerprint density at radius 3 is 1.66 bits per heavy atom. The molecule has 5 heteroatoms. The molecule has 6 aromatic carbocycles. The van der Waals surface area contributed by atoms with Crippen LogP contribution < -0.4 is 0 Å². The maximum atomic E-state index is 15.6. The first kappa shape index (κ1) is 26.1. The zero-order chi connectivity index (χ0) is 29.5. The van der Waals surface area contributed by atoms with Crippen LogP contribution in [0.3, 0.4) is 0 Å². The number of hydrogen-bond acceptors (Lipinski definition) is 4. The zero-order valence-electron chi connectivity index (χ0n) is 23.5. The molecular weight excluding hydrogens is 562 g/mol. The lowest BCUT2D eigenvalue weighted by Crippen LogP contribution is -2.00. The smallest absolute Gasteiger partial charge is 0.164 e. The molecule has 2 aromatic heterocycles. The minimum atomic E-state index is -0.300. The lowest BCUT2D eigenvalue weighted by molar-refractivity contribution is 0.631. The Bertz CT molecular complexity index is 2240. The molecule has 0 fully saturated rings. The fourth-order valence-electron chi connectivity index (χ4n) is 5.69. The SMILES string of the molecule is Fc1ccc(-c2nc(-c3ccccc3)nc(-c3ccccc3)n2)cc1-c1cccc(-c2cccc3sc4ccccc4c23)c1. The van der Waals surface area contributed by atoms with E-state index < -0.39 is 0 Å². The summed E-state index contributed by atoms with van der Waals surface area (Å²) in [5.74, 6) is 1.33. The van der Waals surface area contributed by atoms with Gasteiger partial charge in [-0.3, -0.25) is 0 Å². The van der Waals surface area contributed by atoms with Crippen LogP contribution in [0.4, 0.5) is 4.39 Å². The van der Waals surface area contributed by atoms with Gasteiger partial charge >= 0.3 is 0 Å². The number of hydrogen-bond donors (Lipinski definition) is 0. The fourth-order valence-corrected chi connectivity index (χ4v) is 6.82. The van der Waals surface area contributed by atoms with Crippen molar-refractivity contribution in [3.8, 4) is 56.4 Å². The van der Waals surface area contributed by atoms with Crippen LogP contribution in [-0.4, -0.2) is 15.0 Å². The number of benzene rings is 6. The van der Waals surface area contributed by atoms with Gasteiger partial charge in [-0.05, 0) is 53.1 Å². The molecule has 0 radical (unpaired) electrons. The van der Waals surface area contributed by atoms with Crippen molar-refractivity contribution in [3.05, 3.63) is 151 Å². The summed E-state index contributed by atoms with van der Waals surface area (Å²) < 4.78 is 18.0. The summed E-state index contributed by atoms with van der Waals surface area (Å²) in [6.45, 7) is 0. The van der Waals surface area contributed by atoms with Crippen molar-refractivity contribution >= 4 is 31.5 Å². The van der Waals surface area contributed by atoms with Crippen molar-refractivity contribution < 1.29 is 4.39 Å². The lowest BCUT2D eigenvalue weighted by Gasteiger charge is -2.11. The van der Waals surface area contributed by atoms with Crippen LogP contribution in [0.5, 0.6) is 0 Å². The van der Waals surface area contributed by atoms with Crippen LogP contribution in [0.1, 0.15) is 0 Å². The molecule has 8 aromatic rings. The highest BCUT2D eigenvalue weighted by atomic mass is 32.1. The molecule has 208 valence electrons. The van der Waals surface area contributed by atoms with Crippen molar-refractivity contribution in [1.29, 1.82) is 0 Å². The van der Waals surface area contributed by atoms with Crippen molar-refractivity contribution in [2.45, 2.75) is 0 Å². The maximum absolute atomic E-state index is 15.6. The standard InChI is InChI=1S/C39H24FN3S/c40-33-22-21-29(39-42-37(25-11-3-1-4-12-25)41-38(43-39)26-13-5-2-6-14-26)24-32(33)28-16-9-15-27(23-28)30-18-10-20-35-36(30)31-17-7-8-19-34(31)44-35/h1-24H. The van der Waals surface area contributed by atoms with Gasteiger partial charge in [0.25, 0.3) is 0 Å². The van der Waals surface area contributed by atoms with Gasteiger partial charge in [0, 0.05) is 42.4 Å². The van der Waals surface area contributed by atoms with Crippen LogP contribution in [0, 0.1) is 5.82 Å². The minimum Gasteiger partial charge on any atom is -0.208 e. The van der Waals surface area contributed by atoms with E-state index in [4.69, 9.17) is 15.0 Å². The molecule has 0 aliphatic heterocycles. The van der Waals surface area contributed by atoms with Crippen LogP contribution >= 0.6 is 11.3 Å². The largest absolute Gasteiger partial charge is 0.208 e. The molecule has 0 saturated heterocycles. The van der Waals surface area contributed by atoms with Crippen LogP contribution in [0.2, 0.25) is 0 Å². The Hall–Kier alpha value is -5.52. The highest BCUT2D eigenvalue weighted by Gasteiger charge is 2.16. The molecule has 0 unspecified atom stereocenters. The highest BCUT2D eigenvalue weighted by Crippen LogP contribution is 2.41. The van der Waals surface area contributed by atoms with Crippen LogP contribution in [0.15, 0.2) is 146 Å². The van der Waals surface area contributed by atoms with Crippen LogP contribution in [0.25, 0.3) is 76.6 Å². The van der Waals surface area contributed by atoms with Gasteiger partial charge in [-0.2, -0.15) is 0 Å². The van der Waals surface area contributed by atoms with Crippen molar-refractivity contribution in [2.24, 2.45) is 0 Å². The average Bonchev–Trinajstić information content (AvgIpc) is 3.48. The predicted octanol–water partition coefficient (Wildman–Crippen LogP) is 10.7. The van der Waals surface area contributed by atoms with E-state index in [1.165, 1.54) is 26.2 Å². The maximum Gasteiger partial charge on any atom is 0.164 e. The molecule has 0 spiro atoms. The number of aromatic nitrogens is 3. The first-order chi connectivity index (χ1) is 21.7. The Balaban J connectivity index is 1.26. The van der Waals surface area contributed by atoms with E-state index in [9.17, 15) is 0 Å². The van der Waals surface area contributed by atoms with Gasteiger partial charge < -0.3 is 0 Å². The van der Waals surface area contributed by atoms with Gasteiger partial charge in [0.2, 0.25) is 0 Å². The molecule has 0 aliphatic carbocycles. The van der Waals surface area contributed by atoms with E-state index in [-0.39, 0.29) is 5.82 Å². The summed E-state index contributed by atoms with van der Waals surface area (Å²) in [6, 6.07) is 47.8. The molecule has 0 amide bonds. The predicted molar refractivity (Wildman–Crippen MR) is 180 cm³/mol. The van der Waals surface area contributed by atoms with Gasteiger partial charge in [0.15, 0.2) is 17.5 Å². The Labute approximate surface area is 258 Å². The fraction of sp³-hybridized carbons (Fsp3) is 0. The van der Waals surface area contributed by atoms with Gasteiger partial charge in [-0.1, -0.05) is 109 Å². The first-order valence-electron chi connectivity index (χ1n) is 14.4. The lowest BCUT2D eigenvalue weighted by atomic mass is 9.95. The van der Waals surface area contributed by atoms with Crippen molar-refractivity contribution in [3.63, 3.8) is 0 Å². The second kappa shape index (κ2) is 11.0. The minimum absolute atomic E-state index is 0.300. The molecule has 44 heavy (non-hydrogen) atoms. The summed E-state index contributed by atoms with van der Waals surface area (Å²) >= 11 is 1.79. The van der Waals surface area contributed by atoms with Gasteiger partial charge in [0.05, 0.1) is 0 Å². The van der Waals surface area contributed by atoms with E-state index in [0.717, 1.165) is 33.4 Å². The van der Waals surface area contributed by atoms with Crippen molar-refractivity contribution in [1.82, 2.24) is 15.0 Å². The van der Waals surface area contributed by atoms with E-state index >= 15 is 4.39 Å². The van der Waals surface area contributed by atoms with Crippen LogP contribution in [-0.2, 0) is 0 Å². The van der Waals surface area contributed by atoms with Gasteiger partial charge in [-0.15, -0.1) is 11.3 Å². The van der Waals surface area contributed by atoms with Gasteiger partial charge in [-0.25, -0.2) is 19.3 Å². The summed E-state index contributed by atoms with van der Waals surface area (Å²) in [4.78, 5) is 14.5. The Kier molecular flexibility index (Phi) is 6.51. The second-order valence-corrected chi connectivity index (χ2v) is 11.7. The normalized spacial score (nSPS) is 11.3. The molecule has 2 heterocycles. The van der Waals surface area contributed by atoms with Crippen molar-refractivity contribution in [2.75, 3.05) is 0 Å². The molecule has 0 N–H and O–H groups in total. The molecule has 0 bridgehead atoms. The monoisotopic (exact) mass is 585 g/mol. The van der Waals surface area contributed by atoms with E-state index in [1.54, 1.807) is 17.4 Å².